The molecule has 2 rings (SSSR count). The van der Waals surface area contributed by atoms with Crippen molar-refractivity contribution in [3.05, 3.63) is 0 Å². The molecule has 0 amide bonds. The van der Waals surface area contributed by atoms with E-state index >= 15 is 0 Å². The molecule has 2 aliphatic heterocycles. The van der Waals surface area contributed by atoms with Crippen LogP contribution >= 0.6 is 0 Å². The summed E-state index contributed by atoms with van der Waals surface area (Å²) in [5.41, 5.74) is 0. The van der Waals surface area contributed by atoms with E-state index in [2.05, 4.69) is 5.32 Å². The maximum absolute atomic E-state index is 5.25. The second kappa shape index (κ2) is 1.71. The standard InChI is InChI=1S/C6H10NO/c1-5-3-8-4-6(5)2-7-1/h5-6H,1-4H2. The van der Waals surface area contributed by atoms with Crippen LogP contribution in [0.5, 0.6) is 0 Å². The van der Waals surface area contributed by atoms with Gasteiger partial charge in [0.25, 0.3) is 0 Å². The summed E-state index contributed by atoms with van der Waals surface area (Å²) < 4.78 is 5.25. The fourth-order valence-corrected chi connectivity index (χ4v) is 1.45. The molecule has 2 heteroatoms. The van der Waals surface area contributed by atoms with Crippen LogP contribution < -0.4 is 5.32 Å². The molecule has 0 saturated carbocycles. The molecule has 2 aliphatic rings. The minimum atomic E-state index is 0.787. The number of fused-ring (bicyclic) bond motifs is 1. The molecule has 0 aromatic carbocycles. The van der Waals surface area contributed by atoms with Crippen molar-refractivity contribution in [3.8, 4) is 0 Å². The smallest absolute Gasteiger partial charge is 0.0511 e. The van der Waals surface area contributed by atoms with Gasteiger partial charge in [0.1, 0.15) is 0 Å². The number of nitrogens with zero attached hydrogens (tertiary/aromatic N) is 1. The van der Waals surface area contributed by atoms with E-state index in [0.717, 1.165) is 38.1 Å². The largest absolute Gasteiger partial charge is 0.381 e. The fourth-order valence-electron chi connectivity index (χ4n) is 1.45. The zero-order chi connectivity index (χ0) is 5.40. The third-order valence-electron chi connectivity index (χ3n) is 2.06. The molecule has 0 aromatic rings. The van der Waals surface area contributed by atoms with Gasteiger partial charge in [0.2, 0.25) is 0 Å². The Bertz CT molecular complexity index is 74.5. The van der Waals surface area contributed by atoms with Crippen molar-refractivity contribution in [1.82, 2.24) is 5.32 Å². The monoisotopic (exact) mass is 112 g/mol. The molecule has 0 bridgehead atoms. The van der Waals surface area contributed by atoms with Crippen LogP contribution in [0.4, 0.5) is 0 Å². The van der Waals surface area contributed by atoms with Gasteiger partial charge in [-0.05, 0) is 0 Å². The highest BCUT2D eigenvalue weighted by Crippen LogP contribution is 2.23. The summed E-state index contributed by atoms with van der Waals surface area (Å²) in [6.45, 7) is 4.05. The van der Waals surface area contributed by atoms with Gasteiger partial charge in [-0.3, -0.25) is 0 Å². The minimum Gasteiger partial charge on any atom is -0.381 e. The average molecular weight is 112 g/mol. The number of hydrogen-bond donors (Lipinski definition) is 0. The van der Waals surface area contributed by atoms with E-state index in [4.69, 9.17) is 4.74 Å². The van der Waals surface area contributed by atoms with Gasteiger partial charge >= 0.3 is 0 Å². The number of hydrogen-bond acceptors (Lipinski definition) is 1. The van der Waals surface area contributed by atoms with Gasteiger partial charge in [0.15, 0.2) is 0 Å². The van der Waals surface area contributed by atoms with Crippen molar-refractivity contribution in [1.29, 1.82) is 0 Å². The summed E-state index contributed by atoms with van der Waals surface area (Å²) in [6, 6.07) is 0. The zero-order valence-electron chi connectivity index (χ0n) is 4.84. The van der Waals surface area contributed by atoms with Crippen LogP contribution in [0.2, 0.25) is 0 Å². The molecule has 2 saturated heterocycles. The Morgan fingerprint density at radius 1 is 1.12 bits per heavy atom. The molecule has 8 heavy (non-hydrogen) atoms. The normalized spacial score (nSPS) is 45.0. The van der Waals surface area contributed by atoms with E-state index in [1.807, 2.05) is 0 Å². The molecule has 45 valence electrons. The van der Waals surface area contributed by atoms with Gasteiger partial charge in [-0.2, -0.15) is 0 Å². The van der Waals surface area contributed by atoms with Gasteiger partial charge in [0.05, 0.1) is 13.2 Å². The highest BCUT2D eigenvalue weighted by atomic mass is 16.5. The zero-order valence-corrected chi connectivity index (χ0v) is 4.84. The Kier molecular flexibility index (Phi) is 1.02. The third kappa shape index (κ3) is 0.565. The van der Waals surface area contributed by atoms with Gasteiger partial charge < -0.3 is 4.74 Å². The van der Waals surface area contributed by atoms with E-state index in [1.165, 1.54) is 0 Å². The Labute approximate surface area is 49.2 Å². The molecule has 2 unspecified atom stereocenters. The molecular formula is C6H10NO. The summed E-state index contributed by atoms with van der Waals surface area (Å²) in [4.78, 5) is 0. The molecule has 2 atom stereocenters. The molecule has 0 aliphatic carbocycles. The quantitative estimate of drug-likeness (QED) is 0.428. The van der Waals surface area contributed by atoms with Crippen molar-refractivity contribution < 1.29 is 4.74 Å². The van der Waals surface area contributed by atoms with E-state index < -0.39 is 0 Å². The van der Waals surface area contributed by atoms with Crippen molar-refractivity contribution in [2.45, 2.75) is 0 Å². The predicted molar refractivity (Wildman–Crippen MR) is 29.7 cm³/mol. The molecule has 1 radical (unpaired) electrons. The van der Waals surface area contributed by atoms with Gasteiger partial charge in [-0.15, -0.1) is 0 Å². The van der Waals surface area contributed by atoms with Crippen LogP contribution in [0.3, 0.4) is 0 Å². The van der Waals surface area contributed by atoms with E-state index in [-0.39, 0.29) is 0 Å². The molecular weight excluding hydrogens is 102 g/mol. The maximum atomic E-state index is 5.25. The summed E-state index contributed by atoms with van der Waals surface area (Å²) >= 11 is 0. The second-order valence-corrected chi connectivity index (χ2v) is 2.65. The second-order valence-electron chi connectivity index (χ2n) is 2.65. The lowest BCUT2D eigenvalue weighted by Gasteiger charge is -1.99. The Balaban J connectivity index is 2.04. The molecule has 0 spiro atoms. The van der Waals surface area contributed by atoms with Crippen LogP contribution in [0, 0.1) is 11.8 Å². The van der Waals surface area contributed by atoms with Gasteiger partial charge in [-0.1, -0.05) is 0 Å². The molecule has 2 heterocycles. The van der Waals surface area contributed by atoms with Crippen molar-refractivity contribution in [2.24, 2.45) is 11.8 Å². The van der Waals surface area contributed by atoms with Crippen molar-refractivity contribution >= 4 is 0 Å². The minimum absolute atomic E-state index is 0.787. The van der Waals surface area contributed by atoms with Crippen LogP contribution in [0.15, 0.2) is 0 Å². The lowest BCUT2D eigenvalue weighted by molar-refractivity contribution is 0.175. The van der Waals surface area contributed by atoms with Gasteiger partial charge in [0, 0.05) is 24.9 Å². The number of ether oxygens (including phenoxy) is 1. The first-order valence-electron chi connectivity index (χ1n) is 3.18. The molecule has 2 fully saturated rings. The number of rotatable bonds is 0. The van der Waals surface area contributed by atoms with Gasteiger partial charge in [-0.25, -0.2) is 5.32 Å². The van der Waals surface area contributed by atoms with E-state index in [1.54, 1.807) is 0 Å². The summed E-state index contributed by atoms with van der Waals surface area (Å²) in [5.74, 6) is 1.57. The third-order valence-corrected chi connectivity index (χ3v) is 2.06. The summed E-state index contributed by atoms with van der Waals surface area (Å²) in [5, 5.41) is 4.29. The van der Waals surface area contributed by atoms with Crippen LogP contribution in [-0.2, 0) is 4.74 Å². The highest BCUT2D eigenvalue weighted by Gasteiger charge is 2.32. The van der Waals surface area contributed by atoms with Crippen molar-refractivity contribution in [2.75, 3.05) is 26.3 Å². The first kappa shape index (κ1) is 4.77. The maximum Gasteiger partial charge on any atom is 0.0511 e. The Hall–Kier alpha value is -0.0800. The lowest BCUT2D eigenvalue weighted by Crippen LogP contribution is -2.07. The SMILES string of the molecule is C1[N]CC2COCC12. The van der Waals surface area contributed by atoms with Crippen LogP contribution in [-0.4, -0.2) is 26.3 Å². The first-order valence-corrected chi connectivity index (χ1v) is 3.18. The topological polar surface area (TPSA) is 23.3 Å². The molecule has 0 N–H and O–H groups in total. The lowest BCUT2D eigenvalue weighted by atomic mass is 10.0. The van der Waals surface area contributed by atoms with Crippen LogP contribution in [0.1, 0.15) is 0 Å². The predicted octanol–water partition coefficient (Wildman–Crippen LogP) is -0.133. The summed E-state index contributed by atoms with van der Waals surface area (Å²) in [6.07, 6.45) is 0. The molecule has 2 nitrogen and oxygen atoms in total. The van der Waals surface area contributed by atoms with Crippen LogP contribution in [0.25, 0.3) is 0 Å². The van der Waals surface area contributed by atoms with E-state index in [0.29, 0.717) is 0 Å². The first-order chi connectivity index (χ1) is 3.97. The summed E-state index contributed by atoms with van der Waals surface area (Å²) in [7, 11) is 0. The fraction of sp³-hybridized carbons (Fsp3) is 1.00. The Morgan fingerprint density at radius 2 is 1.75 bits per heavy atom. The highest BCUT2D eigenvalue weighted by molar-refractivity contribution is 4.83. The van der Waals surface area contributed by atoms with Crippen molar-refractivity contribution in [3.63, 3.8) is 0 Å². The Morgan fingerprint density at radius 3 is 2.38 bits per heavy atom. The average Bonchev–Trinajstić information content (AvgIpc) is 2.15. The van der Waals surface area contributed by atoms with E-state index in [9.17, 15) is 0 Å². The molecule has 0 aromatic heterocycles.